The standard InChI is InChI=1S/C10H8BrNO2.C9H9BrO2.C7H6BrNO2/c1-12-8-3-2-6(11)4-7(8)9(13)5-10(12)14;1-2-6-3-4-7(10)5-8(6)9(11)12;8-4-1-2-6(9)5(3-4)7(10)11/h2-4H,5H2,1H3;3-5H,2H2,1H3,(H,11,12);1-3H,9H2,(H,10,11). The molecule has 0 saturated carbocycles. The summed E-state index contributed by atoms with van der Waals surface area (Å²) in [6.07, 6.45) is 0.717. The maximum Gasteiger partial charge on any atom is 0.337 e. The number of aromatic carboxylic acids is 2. The molecule has 0 aliphatic carbocycles. The molecule has 0 aromatic heterocycles. The topological polar surface area (TPSA) is 138 Å². The summed E-state index contributed by atoms with van der Waals surface area (Å²) >= 11 is 9.67. The highest BCUT2D eigenvalue weighted by Crippen LogP contribution is 2.29. The lowest BCUT2D eigenvalue weighted by molar-refractivity contribution is -0.117. The molecule has 0 saturated heterocycles. The van der Waals surface area contributed by atoms with E-state index in [1.54, 1.807) is 37.4 Å². The van der Waals surface area contributed by atoms with Crippen molar-refractivity contribution < 1.29 is 29.4 Å². The summed E-state index contributed by atoms with van der Waals surface area (Å²) in [5.41, 5.74) is 8.34. The van der Waals surface area contributed by atoms with E-state index in [0.29, 0.717) is 21.3 Å². The second kappa shape index (κ2) is 13.5. The predicted octanol–water partition coefficient (Wildman–Crippen LogP) is 6.44. The van der Waals surface area contributed by atoms with Crippen LogP contribution in [-0.2, 0) is 11.2 Å². The molecule has 1 amide bonds. The fraction of sp³-hybridized carbons (Fsp3) is 0.154. The Balaban J connectivity index is 0.000000197. The summed E-state index contributed by atoms with van der Waals surface area (Å²) < 4.78 is 2.37. The SMILES string of the molecule is CCc1ccc(Br)cc1C(=O)O.CN1C(=O)CC(=O)c2cc(Br)ccc21.Nc1ccc(Br)cc1C(=O)O. The minimum Gasteiger partial charge on any atom is -0.478 e. The normalized spacial score (nSPS) is 12.0. The molecule has 1 heterocycles. The number of aryl methyl sites for hydroxylation is 1. The molecule has 0 atom stereocenters. The first kappa shape index (κ1) is 30.2. The van der Waals surface area contributed by atoms with Gasteiger partial charge in [-0.05, 0) is 60.5 Å². The van der Waals surface area contributed by atoms with E-state index in [9.17, 15) is 19.2 Å². The number of hydrogen-bond acceptors (Lipinski definition) is 5. The summed E-state index contributed by atoms with van der Waals surface area (Å²) in [5.74, 6) is -2.13. The molecule has 0 bridgehead atoms. The van der Waals surface area contributed by atoms with E-state index >= 15 is 0 Å². The molecule has 194 valence electrons. The van der Waals surface area contributed by atoms with Gasteiger partial charge in [0.1, 0.15) is 0 Å². The lowest BCUT2D eigenvalue weighted by Crippen LogP contribution is -2.34. The molecule has 3 aromatic carbocycles. The molecule has 1 aliphatic rings. The Morgan fingerprint density at radius 1 is 0.865 bits per heavy atom. The summed E-state index contributed by atoms with van der Waals surface area (Å²) in [5, 5.41) is 17.4. The number of Topliss-reactive ketones (excluding diaryl/α,β-unsaturated/α-hetero) is 1. The fourth-order valence-corrected chi connectivity index (χ4v) is 4.36. The lowest BCUT2D eigenvalue weighted by atomic mass is 10.0. The Bertz CT molecular complexity index is 1360. The van der Waals surface area contributed by atoms with E-state index < -0.39 is 11.9 Å². The zero-order valence-electron chi connectivity index (χ0n) is 19.8. The Morgan fingerprint density at radius 3 is 1.92 bits per heavy atom. The highest BCUT2D eigenvalue weighted by atomic mass is 79.9. The van der Waals surface area contributed by atoms with Crippen molar-refractivity contribution in [2.24, 2.45) is 0 Å². The Labute approximate surface area is 238 Å². The van der Waals surface area contributed by atoms with Crippen molar-refractivity contribution in [3.8, 4) is 0 Å². The van der Waals surface area contributed by atoms with E-state index in [0.717, 1.165) is 20.9 Å². The minimum atomic E-state index is -1.01. The van der Waals surface area contributed by atoms with Gasteiger partial charge in [0.25, 0.3) is 0 Å². The van der Waals surface area contributed by atoms with Gasteiger partial charge in [0.15, 0.2) is 5.78 Å². The van der Waals surface area contributed by atoms with Crippen molar-refractivity contribution in [1.29, 1.82) is 0 Å². The van der Waals surface area contributed by atoms with Gasteiger partial charge in [-0.2, -0.15) is 0 Å². The van der Waals surface area contributed by atoms with Crippen molar-refractivity contribution in [1.82, 2.24) is 0 Å². The monoisotopic (exact) mass is 696 g/mol. The third-order valence-corrected chi connectivity index (χ3v) is 6.71. The molecule has 3 aromatic rings. The fourth-order valence-electron chi connectivity index (χ4n) is 3.28. The number of rotatable bonds is 3. The number of carbonyl (C=O) groups excluding carboxylic acids is 2. The van der Waals surface area contributed by atoms with Crippen molar-refractivity contribution in [3.63, 3.8) is 0 Å². The molecular formula is C26H23Br3N2O6. The van der Waals surface area contributed by atoms with Crippen LogP contribution in [0, 0.1) is 0 Å². The van der Waals surface area contributed by atoms with Crippen molar-refractivity contribution >= 4 is 82.8 Å². The molecule has 37 heavy (non-hydrogen) atoms. The lowest BCUT2D eigenvalue weighted by Gasteiger charge is -2.24. The Morgan fingerprint density at radius 2 is 1.38 bits per heavy atom. The van der Waals surface area contributed by atoms with Crippen molar-refractivity contribution in [2.75, 3.05) is 17.7 Å². The van der Waals surface area contributed by atoms with Crippen LogP contribution in [-0.4, -0.2) is 40.9 Å². The number of fused-ring (bicyclic) bond motifs is 1. The zero-order chi connectivity index (χ0) is 27.9. The molecule has 1 aliphatic heterocycles. The van der Waals surface area contributed by atoms with Gasteiger partial charge in [-0.1, -0.05) is 60.8 Å². The number of nitrogens with two attached hydrogens (primary N) is 1. The van der Waals surface area contributed by atoms with Crippen LogP contribution in [0.5, 0.6) is 0 Å². The molecule has 4 N–H and O–H groups in total. The van der Waals surface area contributed by atoms with Gasteiger partial charge in [0.05, 0.1) is 23.2 Å². The number of benzene rings is 3. The van der Waals surface area contributed by atoms with E-state index in [1.165, 1.54) is 11.0 Å². The third-order valence-electron chi connectivity index (χ3n) is 5.24. The smallest absolute Gasteiger partial charge is 0.337 e. The summed E-state index contributed by atoms with van der Waals surface area (Å²) in [6, 6.07) is 15.4. The number of hydrogen-bond donors (Lipinski definition) is 3. The second-order valence-corrected chi connectivity index (χ2v) is 10.5. The number of nitrogens with zero attached hydrogens (tertiary/aromatic N) is 1. The number of ketones is 1. The summed E-state index contributed by atoms with van der Waals surface area (Å²) in [4.78, 5) is 45.6. The van der Waals surface area contributed by atoms with Gasteiger partial charge in [0.2, 0.25) is 5.91 Å². The van der Waals surface area contributed by atoms with Crippen LogP contribution in [0.15, 0.2) is 68.0 Å². The maximum atomic E-state index is 11.5. The quantitative estimate of drug-likeness (QED) is 0.212. The average Bonchev–Trinajstić information content (AvgIpc) is 2.84. The number of anilines is 2. The van der Waals surface area contributed by atoms with Crippen LogP contribution in [0.1, 0.15) is 50.0 Å². The minimum absolute atomic E-state index is 0.0278. The van der Waals surface area contributed by atoms with Crippen LogP contribution >= 0.6 is 47.8 Å². The average molecular weight is 699 g/mol. The molecule has 0 fully saturated rings. The van der Waals surface area contributed by atoms with Crippen LogP contribution in [0.25, 0.3) is 0 Å². The van der Waals surface area contributed by atoms with Gasteiger partial charge < -0.3 is 20.8 Å². The first-order chi connectivity index (χ1) is 17.3. The highest BCUT2D eigenvalue weighted by Gasteiger charge is 2.27. The van der Waals surface area contributed by atoms with Crippen molar-refractivity contribution in [3.05, 3.63) is 90.3 Å². The Kier molecular flexibility index (Phi) is 11.0. The summed E-state index contributed by atoms with van der Waals surface area (Å²) in [6.45, 7) is 1.94. The number of carboxylic acid groups (broad SMARTS) is 2. The number of halogens is 3. The van der Waals surface area contributed by atoms with E-state index in [4.69, 9.17) is 15.9 Å². The van der Waals surface area contributed by atoms with E-state index in [1.807, 2.05) is 25.1 Å². The van der Waals surface area contributed by atoms with Gasteiger partial charge >= 0.3 is 11.9 Å². The van der Waals surface area contributed by atoms with Crippen LogP contribution in [0.4, 0.5) is 11.4 Å². The second-order valence-electron chi connectivity index (χ2n) is 7.71. The number of carboxylic acids is 2. The van der Waals surface area contributed by atoms with Gasteiger partial charge in [0, 0.05) is 31.7 Å². The van der Waals surface area contributed by atoms with Crippen LogP contribution < -0.4 is 10.6 Å². The van der Waals surface area contributed by atoms with E-state index in [2.05, 4.69) is 47.8 Å². The van der Waals surface area contributed by atoms with Gasteiger partial charge in [-0.25, -0.2) is 9.59 Å². The van der Waals surface area contributed by atoms with Crippen LogP contribution in [0.2, 0.25) is 0 Å². The molecule has 4 rings (SSSR count). The Hall–Kier alpha value is -3.02. The third kappa shape index (κ3) is 8.24. The number of nitrogen functional groups attached to an aromatic ring is 1. The van der Waals surface area contributed by atoms with Gasteiger partial charge in [-0.3, -0.25) is 9.59 Å². The molecule has 8 nitrogen and oxygen atoms in total. The number of carbonyl (C=O) groups is 4. The molecule has 0 unspecified atom stereocenters. The first-order valence-electron chi connectivity index (χ1n) is 10.7. The molecule has 0 spiro atoms. The highest BCUT2D eigenvalue weighted by molar-refractivity contribution is 9.11. The largest absolute Gasteiger partial charge is 0.478 e. The number of amides is 1. The molecule has 0 radical (unpaired) electrons. The predicted molar refractivity (Wildman–Crippen MR) is 152 cm³/mol. The molecular weight excluding hydrogens is 676 g/mol. The van der Waals surface area contributed by atoms with Gasteiger partial charge in [-0.15, -0.1) is 0 Å². The zero-order valence-corrected chi connectivity index (χ0v) is 24.6. The van der Waals surface area contributed by atoms with E-state index in [-0.39, 0.29) is 29.4 Å². The maximum absolute atomic E-state index is 11.5. The molecule has 11 heteroatoms. The van der Waals surface area contributed by atoms with Crippen molar-refractivity contribution in [2.45, 2.75) is 19.8 Å². The first-order valence-corrected chi connectivity index (χ1v) is 13.1. The van der Waals surface area contributed by atoms with Crippen LogP contribution in [0.3, 0.4) is 0 Å². The summed E-state index contributed by atoms with van der Waals surface area (Å²) in [7, 11) is 1.68.